The summed E-state index contributed by atoms with van der Waals surface area (Å²) in [6.07, 6.45) is 0.775. The van der Waals surface area contributed by atoms with E-state index in [0.717, 1.165) is 18.5 Å². The molecule has 0 radical (unpaired) electrons. The van der Waals surface area contributed by atoms with Crippen molar-refractivity contribution in [1.29, 1.82) is 0 Å². The quantitative estimate of drug-likeness (QED) is 0.661. The van der Waals surface area contributed by atoms with Crippen molar-refractivity contribution in [2.75, 3.05) is 6.54 Å². The third-order valence-corrected chi connectivity index (χ3v) is 9.40. The molecule has 23 heavy (non-hydrogen) atoms. The highest BCUT2D eigenvalue weighted by atomic mass is 28.4. The lowest BCUT2D eigenvalue weighted by Crippen LogP contribution is -2.49. The van der Waals surface area contributed by atoms with Gasteiger partial charge in [-0.1, -0.05) is 51.1 Å². The van der Waals surface area contributed by atoms with E-state index in [1.807, 2.05) is 30.3 Å². The maximum atomic E-state index is 12.4. The van der Waals surface area contributed by atoms with Gasteiger partial charge in [-0.25, -0.2) is 0 Å². The average Bonchev–Trinajstić information content (AvgIpc) is 2.92. The summed E-state index contributed by atoms with van der Waals surface area (Å²) in [6, 6.07) is 9.40. The van der Waals surface area contributed by atoms with E-state index in [-0.39, 0.29) is 23.2 Å². The van der Waals surface area contributed by atoms with Gasteiger partial charge in [0.1, 0.15) is 12.6 Å². The lowest BCUT2D eigenvalue weighted by atomic mass is 10.2. The predicted molar refractivity (Wildman–Crippen MR) is 94.7 cm³/mol. The number of ether oxygens (including phenoxy) is 1. The van der Waals surface area contributed by atoms with Crippen LogP contribution in [0.15, 0.2) is 30.3 Å². The number of esters is 1. The topological polar surface area (TPSA) is 47.6 Å². The number of hydrogen-bond donors (Lipinski definition) is 1. The Labute approximate surface area is 140 Å². The molecule has 128 valence electrons. The smallest absolute Gasteiger partial charge is 0.326 e. The zero-order valence-corrected chi connectivity index (χ0v) is 15.9. The molecular weight excluding hydrogens is 306 g/mol. The van der Waals surface area contributed by atoms with Gasteiger partial charge in [0.15, 0.2) is 8.32 Å². The van der Waals surface area contributed by atoms with Crippen molar-refractivity contribution in [3.05, 3.63) is 35.9 Å². The normalized spacial score (nSPS) is 22.1. The van der Waals surface area contributed by atoms with Crippen molar-refractivity contribution in [2.24, 2.45) is 0 Å². The molecule has 4 nitrogen and oxygen atoms in total. The summed E-state index contributed by atoms with van der Waals surface area (Å²) in [5.74, 6) is -0.213. The van der Waals surface area contributed by atoms with Crippen LogP contribution in [0, 0.1) is 0 Å². The van der Waals surface area contributed by atoms with E-state index in [1.165, 1.54) is 0 Å². The lowest BCUT2D eigenvalue weighted by molar-refractivity contribution is -0.149. The molecule has 2 atom stereocenters. The SMILES string of the molecule is CC(C)(C)[Si](C)(C)OC1CCNC1C(=O)OCc1ccccc1. The van der Waals surface area contributed by atoms with Gasteiger partial charge in [0.2, 0.25) is 0 Å². The number of nitrogens with one attached hydrogen (secondary N) is 1. The molecule has 5 heteroatoms. The Hall–Kier alpha value is -1.17. The molecule has 0 aromatic heterocycles. The minimum atomic E-state index is -1.89. The van der Waals surface area contributed by atoms with Gasteiger partial charge in [0.25, 0.3) is 0 Å². The first kappa shape index (κ1) is 18.2. The summed E-state index contributed by atoms with van der Waals surface area (Å²) in [5, 5.41) is 3.37. The predicted octanol–water partition coefficient (Wildman–Crippen LogP) is 3.48. The Kier molecular flexibility index (Phi) is 5.65. The van der Waals surface area contributed by atoms with E-state index in [2.05, 4.69) is 39.2 Å². The van der Waals surface area contributed by atoms with Crippen LogP contribution < -0.4 is 5.32 Å². The Morgan fingerprint density at radius 3 is 2.52 bits per heavy atom. The second-order valence-electron chi connectivity index (χ2n) is 7.73. The summed E-state index contributed by atoms with van der Waals surface area (Å²) < 4.78 is 11.9. The zero-order chi connectivity index (χ0) is 17.1. The summed E-state index contributed by atoms with van der Waals surface area (Å²) >= 11 is 0. The maximum absolute atomic E-state index is 12.4. The van der Waals surface area contributed by atoms with Crippen molar-refractivity contribution in [3.8, 4) is 0 Å². The van der Waals surface area contributed by atoms with Crippen molar-refractivity contribution < 1.29 is 14.0 Å². The highest BCUT2D eigenvalue weighted by Gasteiger charge is 2.44. The molecule has 0 bridgehead atoms. The molecule has 1 aliphatic heterocycles. The first-order valence-electron chi connectivity index (χ1n) is 8.32. The van der Waals surface area contributed by atoms with Gasteiger partial charge in [-0.3, -0.25) is 4.79 Å². The van der Waals surface area contributed by atoms with E-state index >= 15 is 0 Å². The minimum Gasteiger partial charge on any atom is -0.460 e. The standard InChI is InChI=1S/C18H29NO3Si/c1-18(2,3)23(4,5)22-15-11-12-19-16(15)17(20)21-13-14-9-7-6-8-10-14/h6-10,15-16,19H,11-13H2,1-5H3. The van der Waals surface area contributed by atoms with Crippen LogP contribution in [-0.4, -0.2) is 33.0 Å². The van der Waals surface area contributed by atoms with Crippen LogP contribution in [0.25, 0.3) is 0 Å². The lowest BCUT2D eigenvalue weighted by Gasteiger charge is -2.39. The Balaban J connectivity index is 1.94. The molecule has 0 aliphatic carbocycles. The molecule has 1 N–H and O–H groups in total. The molecule has 2 unspecified atom stereocenters. The summed E-state index contributed by atoms with van der Waals surface area (Å²) in [5.41, 5.74) is 1.00. The number of carbonyl (C=O) groups excluding carboxylic acids is 1. The van der Waals surface area contributed by atoms with E-state index in [9.17, 15) is 4.79 Å². The molecule has 1 saturated heterocycles. The fourth-order valence-corrected chi connectivity index (χ4v) is 3.78. The van der Waals surface area contributed by atoms with Gasteiger partial charge in [-0.15, -0.1) is 0 Å². The molecule has 1 aromatic carbocycles. The van der Waals surface area contributed by atoms with Crippen LogP contribution in [0.2, 0.25) is 18.1 Å². The van der Waals surface area contributed by atoms with Gasteiger partial charge in [-0.2, -0.15) is 0 Å². The first-order chi connectivity index (χ1) is 10.7. The molecule has 1 aromatic rings. The zero-order valence-electron chi connectivity index (χ0n) is 14.9. The second-order valence-corrected chi connectivity index (χ2v) is 12.5. The van der Waals surface area contributed by atoms with E-state index in [1.54, 1.807) is 0 Å². The van der Waals surface area contributed by atoms with Crippen molar-refractivity contribution in [3.63, 3.8) is 0 Å². The van der Waals surface area contributed by atoms with Gasteiger partial charge in [0, 0.05) is 0 Å². The van der Waals surface area contributed by atoms with Crippen molar-refractivity contribution in [1.82, 2.24) is 5.32 Å². The van der Waals surface area contributed by atoms with E-state index < -0.39 is 8.32 Å². The Morgan fingerprint density at radius 2 is 1.91 bits per heavy atom. The van der Waals surface area contributed by atoms with Gasteiger partial charge < -0.3 is 14.5 Å². The highest BCUT2D eigenvalue weighted by molar-refractivity contribution is 6.74. The third-order valence-electron chi connectivity index (χ3n) is 4.89. The molecule has 1 fully saturated rings. The second kappa shape index (κ2) is 7.15. The van der Waals surface area contributed by atoms with Crippen molar-refractivity contribution >= 4 is 14.3 Å². The number of hydrogen-bond acceptors (Lipinski definition) is 4. The summed E-state index contributed by atoms with van der Waals surface area (Å²) in [6.45, 7) is 12.2. The first-order valence-corrected chi connectivity index (χ1v) is 11.2. The fourth-order valence-electron chi connectivity index (χ4n) is 2.41. The van der Waals surface area contributed by atoms with Crippen LogP contribution >= 0.6 is 0 Å². The van der Waals surface area contributed by atoms with Gasteiger partial charge in [-0.05, 0) is 36.7 Å². The van der Waals surface area contributed by atoms with Gasteiger partial charge >= 0.3 is 5.97 Å². The van der Waals surface area contributed by atoms with Crippen LogP contribution in [0.5, 0.6) is 0 Å². The number of rotatable bonds is 5. The van der Waals surface area contributed by atoms with Crippen LogP contribution in [0.3, 0.4) is 0 Å². The van der Waals surface area contributed by atoms with Crippen LogP contribution in [0.1, 0.15) is 32.8 Å². The number of benzene rings is 1. The molecule has 0 spiro atoms. The van der Waals surface area contributed by atoms with Crippen LogP contribution in [-0.2, 0) is 20.6 Å². The summed E-state index contributed by atoms with van der Waals surface area (Å²) in [4.78, 5) is 12.4. The van der Waals surface area contributed by atoms with Gasteiger partial charge in [0.05, 0.1) is 6.10 Å². The maximum Gasteiger partial charge on any atom is 0.326 e. The fraction of sp³-hybridized carbons (Fsp3) is 0.611. The molecule has 2 rings (SSSR count). The Bertz CT molecular complexity index is 525. The number of carbonyl (C=O) groups is 1. The van der Waals surface area contributed by atoms with Crippen LogP contribution in [0.4, 0.5) is 0 Å². The highest BCUT2D eigenvalue weighted by Crippen LogP contribution is 2.38. The monoisotopic (exact) mass is 335 g/mol. The average molecular weight is 336 g/mol. The Morgan fingerprint density at radius 1 is 1.26 bits per heavy atom. The molecule has 0 amide bonds. The van der Waals surface area contributed by atoms with E-state index in [4.69, 9.17) is 9.16 Å². The molecular formula is C18H29NO3Si. The third kappa shape index (κ3) is 4.65. The molecule has 0 saturated carbocycles. The molecule has 1 aliphatic rings. The molecule has 1 heterocycles. The van der Waals surface area contributed by atoms with Crippen molar-refractivity contribution in [2.45, 2.75) is 64.1 Å². The minimum absolute atomic E-state index is 0.0841. The summed E-state index contributed by atoms with van der Waals surface area (Å²) in [7, 11) is -1.89. The largest absolute Gasteiger partial charge is 0.460 e. The van der Waals surface area contributed by atoms with E-state index in [0.29, 0.717) is 6.61 Å².